The fourth-order valence-corrected chi connectivity index (χ4v) is 3.72. The van der Waals surface area contributed by atoms with E-state index in [1.165, 1.54) is 13.2 Å². The van der Waals surface area contributed by atoms with Gasteiger partial charge in [0.2, 0.25) is 5.91 Å². The number of methoxy groups -OCH3 is 1. The maximum Gasteiger partial charge on any atom is 0.222 e. The van der Waals surface area contributed by atoms with Gasteiger partial charge < -0.3 is 14.1 Å². The van der Waals surface area contributed by atoms with Gasteiger partial charge in [0.05, 0.1) is 7.11 Å². The van der Waals surface area contributed by atoms with Crippen molar-refractivity contribution in [3.63, 3.8) is 0 Å². The first kappa shape index (κ1) is 18.5. The summed E-state index contributed by atoms with van der Waals surface area (Å²) in [6.45, 7) is 1.39. The Balaban J connectivity index is 1.30. The zero-order chi connectivity index (χ0) is 19.5. The van der Waals surface area contributed by atoms with Crippen LogP contribution in [0.3, 0.4) is 0 Å². The van der Waals surface area contributed by atoms with Crippen molar-refractivity contribution < 1.29 is 18.3 Å². The molecular weight excluding hydrogens is 359 g/mol. The first-order valence-corrected chi connectivity index (χ1v) is 9.59. The van der Waals surface area contributed by atoms with Gasteiger partial charge in [-0.1, -0.05) is 18.2 Å². The molecule has 0 radical (unpaired) electrons. The molecule has 6 heteroatoms. The van der Waals surface area contributed by atoms with Crippen LogP contribution in [0, 0.1) is 5.82 Å². The van der Waals surface area contributed by atoms with Crippen LogP contribution in [0.15, 0.2) is 46.9 Å². The van der Waals surface area contributed by atoms with Gasteiger partial charge in [-0.15, -0.1) is 0 Å². The van der Waals surface area contributed by atoms with Crippen molar-refractivity contribution in [1.29, 1.82) is 0 Å². The van der Waals surface area contributed by atoms with E-state index in [0.717, 1.165) is 35.4 Å². The second kappa shape index (κ2) is 8.00. The van der Waals surface area contributed by atoms with Crippen LogP contribution in [0.2, 0.25) is 0 Å². The number of amides is 1. The number of oxazole rings is 1. The van der Waals surface area contributed by atoms with Crippen LogP contribution < -0.4 is 4.74 Å². The summed E-state index contributed by atoms with van der Waals surface area (Å²) >= 11 is 0. The lowest BCUT2D eigenvalue weighted by Crippen LogP contribution is -2.38. The van der Waals surface area contributed by atoms with Crippen LogP contribution in [0.25, 0.3) is 11.1 Å². The Kier molecular flexibility index (Phi) is 5.28. The molecule has 1 aliphatic heterocycles. The van der Waals surface area contributed by atoms with E-state index in [2.05, 4.69) is 4.98 Å². The fourth-order valence-electron chi connectivity index (χ4n) is 3.72. The maximum atomic E-state index is 13.8. The molecule has 1 aromatic heterocycles. The number of rotatable bonds is 5. The van der Waals surface area contributed by atoms with Crippen molar-refractivity contribution in [3.8, 4) is 5.75 Å². The maximum absolute atomic E-state index is 13.8. The van der Waals surface area contributed by atoms with E-state index < -0.39 is 5.82 Å². The number of carbonyl (C=O) groups excluding carboxylic acids is 1. The lowest BCUT2D eigenvalue weighted by atomic mass is 9.96. The number of carbonyl (C=O) groups is 1. The first-order valence-electron chi connectivity index (χ1n) is 9.59. The number of para-hydroxylation sites is 2. The molecule has 0 N–H and O–H groups in total. The Hall–Kier alpha value is -2.89. The Bertz CT molecular complexity index is 944. The molecular formula is C22H23FN2O3. The highest BCUT2D eigenvalue weighted by Gasteiger charge is 2.26. The number of ether oxygens (including phenoxy) is 1. The number of aromatic nitrogens is 1. The second-order valence-electron chi connectivity index (χ2n) is 7.14. The molecule has 146 valence electrons. The highest BCUT2D eigenvalue weighted by atomic mass is 19.1. The number of halogens is 1. The number of hydrogen-bond acceptors (Lipinski definition) is 4. The molecule has 2 aromatic carbocycles. The highest BCUT2D eigenvalue weighted by Crippen LogP contribution is 2.30. The average molecular weight is 382 g/mol. The van der Waals surface area contributed by atoms with Crippen molar-refractivity contribution in [3.05, 3.63) is 59.7 Å². The fraction of sp³-hybridized carbons (Fsp3) is 0.364. The number of hydrogen-bond donors (Lipinski definition) is 0. The first-order chi connectivity index (χ1) is 13.6. The molecule has 4 rings (SSSR count). The van der Waals surface area contributed by atoms with E-state index in [1.807, 2.05) is 29.2 Å². The van der Waals surface area contributed by atoms with Gasteiger partial charge in [0.25, 0.3) is 0 Å². The molecule has 0 bridgehead atoms. The second-order valence-corrected chi connectivity index (χ2v) is 7.14. The molecule has 1 saturated heterocycles. The van der Waals surface area contributed by atoms with Crippen molar-refractivity contribution in [2.75, 3.05) is 20.2 Å². The SMILES string of the molecule is COc1ccc(CCC(=O)N2CCC(c3nc4ccccc4o3)CC2)cc1F. The summed E-state index contributed by atoms with van der Waals surface area (Å²) in [6, 6.07) is 12.6. The summed E-state index contributed by atoms with van der Waals surface area (Å²) in [5.74, 6) is 0.935. The standard InChI is InChI=1S/C22H23FN2O3/c1-27-19-8-6-15(14-17(19)23)7-9-21(26)25-12-10-16(11-13-25)22-24-18-4-2-3-5-20(18)28-22/h2-6,8,14,16H,7,9-13H2,1H3. The van der Waals surface area contributed by atoms with Gasteiger partial charge in [0, 0.05) is 25.4 Å². The monoisotopic (exact) mass is 382 g/mol. The third-order valence-corrected chi connectivity index (χ3v) is 5.35. The zero-order valence-corrected chi connectivity index (χ0v) is 15.9. The van der Waals surface area contributed by atoms with E-state index in [0.29, 0.717) is 25.9 Å². The van der Waals surface area contributed by atoms with Crippen molar-refractivity contribution in [2.24, 2.45) is 0 Å². The highest BCUT2D eigenvalue weighted by molar-refractivity contribution is 5.76. The van der Waals surface area contributed by atoms with Crippen LogP contribution in [0.1, 0.15) is 36.6 Å². The van der Waals surface area contributed by atoms with Crippen molar-refractivity contribution in [2.45, 2.75) is 31.6 Å². The third kappa shape index (κ3) is 3.86. The number of piperidine rings is 1. The number of nitrogens with zero attached hydrogens (tertiary/aromatic N) is 2. The number of likely N-dealkylation sites (tertiary alicyclic amines) is 1. The largest absolute Gasteiger partial charge is 0.494 e. The van der Waals surface area contributed by atoms with Crippen LogP contribution in [0.4, 0.5) is 4.39 Å². The molecule has 0 spiro atoms. The Morgan fingerprint density at radius 1 is 1.25 bits per heavy atom. The Labute approximate surface area is 163 Å². The van der Waals surface area contributed by atoms with Crippen molar-refractivity contribution in [1.82, 2.24) is 9.88 Å². The molecule has 1 amide bonds. The summed E-state index contributed by atoms with van der Waals surface area (Å²) in [6.07, 6.45) is 2.58. The minimum Gasteiger partial charge on any atom is -0.494 e. The van der Waals surface area contributed by atoms with Crippen molar-refractivity contribution >= 4 is 17.0 Å². The molecule has 2 heterocycles. The van der Waals surface area contributed by atoms with Gasteiger partial charge in [-0.25, -0.2) is 9.37 Å². The lowest BCUT2D eigenvalue weighted by Gasteiger charge is -2.30. The molecule has 0 unspecified atom stereocenters. The van der Waals surface area contributed by atoms with Gasteiger partial charge in [0.1, 0.15) is 5.52 Å². The summed E-state index contributed by atoms with van der Waals surface area (Å²) in [4.78, 5) is 19.0. The van der Waals surface area contributed by atoms with E-state index in [4.69, 9.17) is 9.15 Å². The van der Waals surface area contributed by atoms with Gasteiger partial charge in [-0.3, -0.25) is 4.79 Å². The summed E-state index contributed by atoms with van der Waals surface area (Å²) in [5, 5.41) is 0. The summed E-state index contributed by atoms with van der Waals surface area (Å²) in [5.41, 5.74) is 2.48. The van der Waals surface area contributed by atoms with Crippen LogP contribution in [-0.4, -0.2) is 36.0 Å². The minimum atomic E-state index is -0.397. The minimum absolute atomic E-state index is 0.104. The predicted octanol–water partition coefficient (Wildman–Crippen LogP) is 4.31. The Morgan fingerprint density at radius 2 is 2.04 bits per heavy atom. The normalized spacial score (nSPS) is 15.1. The van der Waals surface area contributed by atoms with Gasteiger partial charge in [0.15, 0.2) is 23.0 Å². The molecule has 28 heavy (non-hydrogen) atoms. The smallest absolute Gasteiger partial charge is 0.222 e. The number of fused-ring (bicyclic) bond motifs is 1. The van der Waals surface area contributed by atoms with E-state index >= 15 is 0 Å². The molecule has 0 atom stereocenters. The molecule has 0 saturated carbocycles. The third-order valence-electron chi connectivity index (χ3n) is 5.35. The molecule has 1 fully saturated rings. The van der Waals surface area contributed by atoms with Crippen LogP contribution in [0.5, 0.6) is 5.75 Å². The Morgan fingerprint density at radius 3 is 2.75 bits per heavy atom. The van der Waals surface area contributed by atoms with E-state index in [-0.39, 0.29) is 17.6 Å². The van der Waals surface area contributed by atoms with Gasteiger partial charge >= 0.3 is 0 Å². The summed E-state index contributed by atoms with van der Waals surface area (Å²) in [7, 11) is 1.44. The zero-order valence-electron chi connectivity index (χ0n) is 15.9. The molecule has 5 nitrogen and oxygen atoms in total. The van der Waals surface area contributed by atoms with E-state index in [9.17, 15) is 9.18 Å². The topological polar surface area (TPSA) is 55.6 Å². The number of aryl methyl sites for hydroxylation is 1. The average Bonchev–Trinajstić information content (AvgIpc) is 3.16. The van der Waals surface area contributed by atoms with Crippen LogP contribution >= 0.6 is 0 Å². The van der Waals surface area contributed by atoms with E-state index in [1.54, 1.807) is 12.1 Å². The molecule has 0 aliphatic carbocycles. The predicted molar refractivity (Wildman–Crippen MR) is 104 cm³/mol. The summed E-state index contributed by atoms with van der Waals surface area (Å²) < 4.78 is 24.6. The van der Waals surface area contributed by atoms with Gasteiger partial charge in [-0.2, -0.15) is 0 Å². The quantitative estimate of drug-likeness (QED) is 0.660. The molecule has 3 aromatic rings. The van der Waals surface area contributed by atoms with Crippen LogP contribution in [-0.2, 0) is 11.2 Å². The number of benzene rings is 2. The van der Waals surface area contributed by atoms with Gasteiger partial charge in [-0.05, 0) is 49.1 Å². The lowest BCUT2D eigenvalue weighted by molar-refractivity contribution is -0.132. The molecule has 1 aliphatic rings.